The molecule has 2 nitrogen and oxygen atoms in total. The third-order valence-electron chi connectivity index (χ3n) is 2.36. The van der Waals surface area contributed by atoms with E-state index in [0.29, 0.717) is 0 Å². The predicted molar refractivity (Wildman–Crippen MR) is 80.1 cm³/mol. The molecule has 0 aromatic heterocycles. The summed E-state index contributed by atoms with van der Waals surface area (Å²) < 4.78 is 2.24. The van der Waals surface area contributed by atoms with E-state index in [9.17, 15) is 0 Å². The van der Waals surface area contributed by atoms with Crippen LogP contribution in [0.1, 0.15) is 47.1 Å². The van der Waals surface area contributed by atoms with Gasteiger partial charge >= 0.3 is 120 Å². The molecule has 0 N–H and O–H groups in total. The van der Waals surface area contributed by atoms with E-state index in [1.54, 1.807) is 0 Å². The molecule has 0 heterocycles. The molecule has 3 radical (unpaired) electrons. The molecule has 0 saturated heterocycles. The zero-order chi connectivity index (χ0) is 14.0. The van der Waals surface area contributed by atoms with Crippen molar-refractivity contribution in [3.05, 3.63) is 35.9 Å². The summed E-state index contributed by atoms with van der Waals surface area (Å²) in [4.78, 5) is 4.89. The van der Waals surface area contributed by atoms with E-state index >= 15 is 0 Å². The molecule has 1 rings (SSSR count). The number of benzene rings is 1. The average molecular weight is 304 g/mol. The van der Waals surface area contributed by atoms with Crippen molar-refractivity contribution in [3.63, 3.8) is 0 Å². The second-order valence-corrected chi connectivity index (χ2v) is 7.42. The van der Waals surface area contributed by atoms with Crippen LogP contribution in [0.4, 0.5) is 0 Å². The first-order valence-electron chi connectivity index (χ1n) is 6.28. The summed E-state index contributed by atoms with van der Waals surface area (Å²) in [6.45, 7) is 13.0. The van der Waals surface area contributed by atoms with E-state index in [1.807, 2.05) is 6.07 Å². The molecule has 0 spiro atoms. The Kier molecular flexibility index (Phi) is 4.65. The Morgan fingerprint density at radius 1 is 1.00 bits per heavy atom. The fourth-order valence-corrected chi connectivity index (χ4v) is 1.84. The summed E-state index contributed by atoms with van der Waals surface area (Å²) in [6.07, 6.45) is 0. The van der Waals surface area contributed by atoms with E-state index in [0.717, 1.165) is 5.84 Å². The molecule has 1 aromatic rings. The normalized spacial score (nSPS) is 13.6. The number of aliphatic imine (C=N–C) groups is 1. The van der Waals surface area contributed by atoms with Gasteiger partial charge in [0.25, 0.3) is 0 Å². The molecular formula is C15H23GeN2. The van der Waals surface area contributed by atoms with Crippen molar-refractivity contribution in [2.75, 3.05) is 0 Å². The number of nitrogens with zero attached hydrogens (tertiary/aromatic N) is 2. The van der Waals surface area contributed by atoms with Crippen LogP contribution in [0, 0.1) is 0 Å². The molecule has 0 atom stereocenters. The van der Waals surface area contributed by atoms with Crippen molar-refractivity contribution in [1.29, 1.82) is 0 Å². The van der Waals surface area contributed by atoms with Crippen molar-refractivity contribution in [2.24, 2.45) is 4.99 Å². The molecular weight excluding hydrogens is 281 g/mol. The van der Waals surface area contributed by atoms with Gasteiger partial charge in [-0.25, -0.2) is 0 Å². The van der Waals surface area contributed by atoms with Crippen LogP contribution in [0.2, 0.25) is 0 Å². The zero-order valence-corrected chi connectivity index (χ0v) is 14.4. The van der Waals surface area contributed by atoms with Gasteiger partial charge in [-0.1, -0.05) is 0 Å². The van der Waals surface area contributed by atoms with Crippen LogP contribution >= 0.6 is 0 Å². The quantitative estimate of drug-likeness (QED) is 0.441. The monoisotopic (exact) mass is 305 g/mol. The molecule has 0 aliphatic heterocycles. The fraction of sp³-hybridized carbons (Fsp3) is 0.533. The molecule has 0 bridgehead atoms. The summed E-state index contributed by atoms with van der Waals surface area (Å²) in [7, 11) is 0. The van der Waals surface area contributed by atoms with Gasteiger partial charge in [0, 0.05) is 0 Å². The van der Waals surface area contributed by atoms with Gasteiger partial charge in [0.1, 0.15) is 0 Å². The summed E-state index contributed by atoms with van der Waals surface area (Å²) in [6, 6.07) is 10.4. The fourth-order valence-electron chi connectivity index (χ4n) is 1.47. The SMILES string of the molecule is CC(C)(C)N=C(c1ccccc1)[N]([Ge])C(C)(C)C. The van der Waals surface area contributed by atoms with Crippen LogP contribution in [-0.2, 0) is 0 Å². The maximum atomic E-state index is 4.89. The van der Waals surface area contributed by atoms with Crippen LogP contribution in [0.5, 0.6) is 0 Å². The number of hydrogen-bond acceptors (Lipinski definition) is 1. The molecule has 97 valence electrons. The van der Waals surface area contributed by atoms with Crippen molar-refractivity contribution >= 4 is 22.6 Å². The van der Waals surface area contributed by atoms with Crippen molar-refractivity contribution < 1.29 is 0 Å². The Morgan fingerprint density at radius 2 is 1.50 bits per heavy atom. The van der Waals surface area contributed by atoms with Gasteiger partial charge < -0.3 is 0 Å². The first-order valence-corrected chi connectivity index (χ1v) is 7.22. The minimum absolute atomic E-state index is 0.0555. The Morgan fingerprint density at radius 3 is 1.89 bits per heavy atom. The molecule has 0 saturated carbocycles. The van der Waals surface area contributed by atoms with E-state index in [1.165, 1.54) is 5.56 Å². The van der Waals surface area contributed by atoms with Crippen LogP contribution in [0.25, 0.3) is 0 Å². The average Bonchev–Trinajstić information content (AvgIpc) is 2.24. The van der Waals surface area contributed by atoms with Gasteiger partial charge in [-0.05, 0) is 0 Å². The Balaban J connectivity index is 3.25. The summed E-state index contributed by atoms with van der Waals surface area (Å²) in [5.41, 5.74) is 1.15. The van der Waals surface area contributed by atoms with Crippen molar-refractivity contribution in [2.45, 2.75) is 52.6 Å². The first-order chi connectivity index (χ1) is 8.11. The second-order valence-electron chi connectivity index (χ2n) is 6.48. The molecule has 0 amide bonds. The minimum atomic E-state index is -0.0787. The van der Waals surface area contributed by atoms with Crippen LogP contribution < -0.4 is 0 Å². The summed E-state index contributed by atoms with van der Waals surface area (Å²) in [5, 5.41) is 0. The number of hydrogen-bond donors (Lipinski definition) is 0. The molecule has 0 fully saturated rings. The summed E-state index contributed by atoms with van der Waals surface area (Å²) in [5.74, 6) is 1.05. The van der Waals surface area contributed by atoms with Gasteiger partial charge in [-0.15, -0.1) is 0 Å². The van der Waals surface area contributed by atoms with Crippen molar-refractivity contribution in [1.82, 2.24) is 3.86 Å². The van der Waals surface area contributed by atoms with Crippen molar-refractivity contribution in [3.8, 4) is 0 Å². The molecule has 3 heteroatoms. The van der Waals surface area contributed by atoms with E-state index < -0.39 is 0 Å². The second kappa shape index (κ2) is 5.47. The molecule has 18 heavy (non-hydrogen) atoms. The summed E-state index contributed by atoms with van der Waals surface area (Å²) >= 11 is 2.11. The van der Waals surface area contributed by atoms with Gasteiger partial charge in [0.2, 0.25) is 0 Å². The van der Waals surface area contributed by atoms with Gasteiger partial charge in [-0.3, -0.25) is 0 Å². The molecule has 1 aromatic carbocycles. The topological polar surface area (TPSA) is 15.6 Å². The molecule has 0 aliphatic rings. The Hall–Kier alpha value is -0.767. The molecule has 0 aliphatic carbocycles. The predicted octanol–water partition coefficient (Wildman–Crippen LogP) is 3.42. The van der Waals surface area contributed by atoms with E-state index in [2.05, 4.69) is 86.4 Å². The zero-order valence-electron chi connectivity index (χ0n) is 12.3. The van der Waals surface area contributed by atoms with E-state index in [-0.39, 0.29) is 11.1 Å². The van der Waals surface area contributed by atoms with Gasteiger partial charge in [-0.2, -0.15) is 0 Å². The molecule has 0 unspecified atom stereocenters. The van der Waals surface area contributed by atoms with Gasteiger partial charge in [0.15, 0.2) is 0 Å². The Labute approximate surface area is 120 Å². The standard InChI is InChI=1S/C15H23GeN2/c1-14(2,3)17-13(18(16)15(4,5)6)12-10-8-7-9-11-12/h7-11H,1-6H3. The Bertz CT molecular complexity index is 410. The van der Waals surface area contributed by atoms with Crippen LogP contribution in [0.15, 0.2) is 35.3 Å². The van der Waals surface area contributed by atoms with Crippen LogP contribution in [0.3, 0.4) is 0 Å². The van der Waals surface area contributed by atoms with Gasteiger partial charge in [0.05, 0.1) is 0 Å². The maximum absolute atomic E-state index is 4.89. The number of amidine groups is 1. The third-order valence-corrected chi connectivity index (χ3v) is 4.21. The first kappa shape index (κ1) is 15.3. The number of rotatable bonds is 1. The van der Waals surface area contributed by atoms with E-state index in [4.69, 9.17) is 4.99 Å². The van der Waals surface area contributed by atoms with Crippen LogP contribution in [-0.4, -0.2) is 37.5 Å². The third kappa shape index (κ3) is 4.48.